The summed E-state index contributed by atoms with van der Waals surface area (Å²) in [5, 5.41) is 5.79. The lowest BCUT2D eigenvalue weighted by Crippen LogP contribution is -2.38. The number of nitrogens with one attached hydrogen (secondary N) is 2. The van der Waals surface area contributed by atoms with Crippen molar-refractivity contribution in [1.29, 1.82) is 0 Å². The lowest BCUT2D eigenvalue weighted by molar-refractivity contribution is -0.120. The fraction of sp³-hybridized carbons (Fsp3) is 0.462. The molecule has 0 saturated heterocycles. The lowest BCUT2D eigenvalue weighted by Gasteiger charge is -2.13. The summed E-state index contributed by atoms with van der Waals surface area (Å²) in [6.07, 6.45) is 1.94. The van der Waals surface area contributed by atoms with Crippen LogP contribution in [0.2, 0.25) is 0 Å². The molecule has 0 radical (unpaired) electrons. The van der Waals surface area contributed by atoms with Crippen LogP contribution in [0.1, 0.15) is 18.9 Å². The first-order chi connectivity index (χ1) is 8.11. The van der Waals surface area contributed by atoms with Crippen LogP contribution in [0, 0.1) is 0 Å². The molecule has 0 heterocycles. The number of aryl methyl sites for hydroxylation is 1. The maximum Gasteiger partial charge on any atom is 0.234 e. The Morgan fingerprint density at radius 1 is 1.33 bits per heavy atom. The standard InChI is InChI=1S/C13H19BrN2O.ClH/c1-10(16-13(17)9-15-2)3-4-11-5-7-12(14)8-6-11;/h5-8,10,15H,3-4,9H2,1-2H3,(H,16,17);1H. The van der Waals surface area contributed by atoms with E-state index in [-0.39, 0.29) is 24.4 Å². The van der Waals surface area contributed by atoms with Crippen LogP contribution >= 0.6 is 28.3 Å². The third kappa shape index (κ3) is 6.99. The third-order valence-corrected chi connectivity index (χ3v) is 3.05. The molecule has 0 aliphatic heterocycles. The van der Waals surface area contributed by atoms with Gasteiger partial charge >= 0.3 is 0 Å². The summed E-state index contributed by atoms with van der Waals surface area (Å²) in [5.74, 6) is 0.0517. The van der Waals surface area contributed by atoms with Gasteiger partial charge in [0.1, 0.15) is 0 Å². The highest BCUT2D eigenvalue weighted by Gasteiger charge is 2.06. The Morgan fingerprint density at radius 3 is 2.50 bits per heavy atom. The zero-order valence-electron chi connectivity index (χ0n) is 10.7. The minimum atomic E-state index is 0. The molecular formula is C13H20BrClN2O. The molecule has 0 bridgehead atoms. The van der Waals surface area contributed by atoms with Gasteiger partial charge in [-0.25, -0.2) is 0 Å². The van der Waals surface area contributed by atoms with Gasteiger partial charge in [-0.15, -0.1) is 12.4 Å². The number of halogens is 2. The van der Waals surface area contributed by atoms with E-state index < -0.39 is 0 Å². The molecule has 0 aromatic heterocycles. The number of benzene rings is 1. The van der Waals surface area contributed by atoms with Gasteiger partial charge in [-0.05, 0) is 44.5 Å². The maximum atomic E-state index is 11.3. The highest BCUT2D eigenvalue weighted by molar-refractivity contribution is 9.10. The van der Waals surface area contributed by atoms with Crippen LogP contribution in [0.25, 0.3) is 0 Å². The fourth-order valence-electron chi connectivity index (χ4n) is 1.59. The van der Waals surface area contributed by atoms with E-state index in [0.29, 0.717) is 6.54 Å². The molecule has 18 heavy (non-hydrogen) atoms. The Kier molecular flexibility index (Phi) is 9.06. The first-order valence-electron chi connectivity index (χ1n) is 5.80. The second-order valence-corrected chi connectivity index (χ2v) is 5.08. The maximum absolute atomic E-state index is 11.3. The number of carbonyl (C=O) groups is 1. The summed E-state index contributed by atoms with van der Waals surface area (Å²) in [6, 6.07) is 8.50. The number of hydrogen-bond donors (Lipinski definition) is 2. The Hall–Kier alpha value is -0.580. The molecule has 1 unspecified atom stereocenters. The van der Waals surface area contributed by atoms with E-state index in [9.17, 15) is 4.79 Å². The van der Waals surface area contributed by atoms with Crippen LogP contribution in [-0.4, -0.2) is 25.5 Å². The van der Waals surface area contributed by atoms with E-state index in [2.05, 4.69) is 38.7 Å². The molecule has 3 nitrogen and oxygen atoms in total. The van der Waals surface area contributed by atoms with Gasteiger partial charge in [0.2, 0.25) is 5.91 Å². The molecule has 1 atom stereocenters. The molecule has 0 aliphatic carbocycles. The Bertz CT molecular complexity index is 357. The average Bonchev–Trinajstić information content (AvgIpc) is 2.28. The lowest BCUT2D eigenvalue weighted by atomic mass is 10.1. The van der Waals surface area contributed by atoms with Crippen molar-refractivity contribution in [2.75, 3.05) is 13.6 Å². The van der Waals surface area contributed by atoms with Gasteiger partial charge in [-0.1, -0.05) is 28.1 Å². The number of likely N-dealkylation sites (N-methyl/N-ethyl adjacent to an activating group) is 1. The largest absolute Gasteiger partial charge is 0.353 e. The van der Waals surface area contributed by atoms with Crippen molar-refractivity contribution >= 4 is 34.2 Å². The van der Waals surface area contributed by atoms with Gasteiger partial charge in [-0.2, -0.15) is 0 Å². The van der Waals surface area contributed by atoms with Gasteiger partial charge < -0.3 is 10.6 Å². The molecule has 0 spiro atoms. The molecule has 0 fully saturated rings. The van der Waals surface area contributed by atoms with Gasteiger partial charge in [0, 0.05) is 10.5 Å². The molecule has 1 amide bonds. The SMILES string of the molecule is CNCC(=O)NC(C)CCc1ccc(Br)cc1.Cl. The molecule has 1 rings (SSSR count). The molecule has 1 aromatic carbocycles. The van der Waals surface area contributed by atoms with Crippen molar-refractivity contribution in [2.24, 2.45) is 0 Å². The van der Waals surface area contributed by atoms with Crippen molar-refractivity contribution in [3.8, 4) is 0 Å². The van der Waals surface area contributed by atoms with Crippen LogP contribution in [0.15, 0.2) is 28.7 Å². The summed E-state index contributed by atoms with van der Waals surface area (Å²) >= 11 is 3.41. The van der Waals surface area contributed by atoms with Crippen LogP contribution in [0.4, 0.5) is 0 Å². The first-order valence-corrected chi connectivity index (χ1v) is 6.59. The summed E-state index contributed by atoms with van der Waals surface area (Å²) in [7, 11) is 1.77. The zero-order chi connectivity index (χ0) is 12.7. The number of carbonyl (C=O) groups excluding carboxylic acids is 1. The molecular weight excluding hydrogens is 316 g/mol. The number of rotatable bonds is 6. The van der Waals surface area contributed by atoms with E-state index >= 15 is 0 Å². The Labute approximate surface area is 123 Å². The summed E-state index contributed by atoms with van der Waals surface area (Å²) < 4.78 is 1.09. The summed E-state index contributed by atoms with van der Waals surface area (Å²) in [6.45, 7) is 2.41. The quantitative estimate of drug-likeness (QED) is 0.839. The van der Waals surface area contributed by atoms with Gasteiger partial charge in [0.05, 0.1) is 6.54 Å². The van der Waals surface area contributed by atoms with Crippen molar-refractivity contribution in [2.45, 2.75) is 25.8 Å². The fourth-order valence-corrected chi connectivity index (χ4v) is 1.86. The molecule has 0 saturated carbocycles. The van der Waals surface area contributed by atoms with E-state index in [1.165, 1.54) is 5.56 Å². The van der Waals surface area contributed by atoms with Crippen molar-refractivity contribution in [3.05, 3.63) is 34.3 Å². The van der Waals surface area contributed by atoms with E-state index in [1.807, 2.05) is 19.1 Å². The molecule has 5 heteroatoms. The van der Waals surface area contributed by atoms with Crippen molar-refractivity contribution in [3.63, 3.8) is 0 Å². The molecule has 1 aromatic rings. The normalized spacial score (nSPS) is 11.5. The van der Waals surface area contributed by atoms with Gasteiger partial charge in [0.25, 0.3) is 0 Å². The molecule has 2 N–H and O–H groups in total. The van der Waals surface area contributed by atoms with Crippen LogP contribution in [0.5, 0.6) is 0 Å². The predicted octanol–water partition coefficient (Wildman–Crippen LogP) is 2.53. The highest BCUT2D eigenvalue weighted by Crippen LogP contribution is 2.12. The van der Waals surface area contributed by atoms with Crippen LogP contribution < -0.4 is 10.6 Å². The smallest absolute Gasteiger partial charge is 0.234 e. The van der Waals surface area contributed by atoms with E-state index in [1.54, 1.807) is 7.05 Å². The second kappa shape index (κ2) is 9.36. The topological polar surface area (TPSA) is 41.1 Å². The summed E-state index contributed by atoms with van der Waals surface area (Å²) in [4.78, 5) is 11.3. The second-order valence-electron chi connectivity index (χ2n) is 4.16. The van der Waals surface area contributed by atoms with Crippen molar-refractivity contribution in [1.82, 2.24) is 10.6 Å². The first kappa shape index (κ1) is 17.4. The number of hydrogen-bond acceptors (Lipinski definition) is 2. The predicted molar refractivity (Wildman–Crippen MR) is 81.2 cm³/mol. The van der Waals surface area contributed by atoms with E-state index in [4.69, 9.17) is 0 Å². The van der Waals surface area contributed by atoms with Crippen molar-refractivity contribution < 1.29 is 4.79 Å². The monoisotopic (exact) mass is 334 g/mol. The minimum Gasteiger partial charge on any atom is -0.353 e. The van der Waals surface area contributed by atoms with Crippen LogP contribution in [0.3, 0.4) is 0 Å². The molecule has 0 aliphatic rings. The highest BCUT2D eigenvalue weighted by atomic mass is 79.9. The minimum absolute atomic E-state index is 0. The zero-order valence-corrected chi connectivity index (χ0v) is 13.1. The average molecular weight is 336 g/mol. The Balaban J connectivity index is 0.00000289. The molecule has 102 valence electrons. The van der Waals surface area contributed by atoms with E-state index in [0.717, 1.165) is 17.3 Å². The van der Waals surface area contributed by atoms with Gasteiger partial charge in [-0.3, -0.25) is 4.79 Å². The number of amides is 1. The Morgan fingerprint density at radius 2 is 1.94 bits per heavy atom. The van der Waals surface area contributed by atoms with Crippen LogP contribution in [-0.2, 0) is 11.2 Å². The van der Waals surface area contributed by atoms with Gasteiger partial charge in [0.15, 0.2) is 0 Å². The summed E-state index contributed by atoms with van der Waals surface area (Å²) in [5.41, 5.74) is 1.29. The third-order valence-electron chi connectivity index (χ3n) is 2.52.